The van der Waals surface area contributed by atoms with E-state index < -0.39 is 0 Å². The molecule has 0 aliphatic heterocycles. The number of hydrogen-bond acceptors (Lipinski definition) is 0. The summed E-state index contributed by atoms with van der Waals surface area (Å²) in [6.45, 7) is 2.05. The van der Waals surface area contributed by atoms with Crippen LogP contribution in [0.1, 0.15) is 5.56 Å². The molecule has 0 fully saturated rings. The van der Waals surface area contributed by atoms with Crippen LogP contribution >= 0.6 is 0 Å². The van der Waals surface area contributed by atoms with Crippen LogP contribution in [0.4, 0.5) is 0 Å². The van der Waals surface area contributed by atoms with E-state index in [9.17, 15) is 0 Å². The van der Waals surface area contributed by atoms with Crippen molar-refractivity contribution >= 4 is 0 Å². The summed E-state index contributed by atoms with van der Waals surface area (Å²) in [5, 5.41) is 0. The van der Waals surface area contributed by atoms with Crippen LogP contribution in [0.5, 0.6) is 0 Å². The standard InChI is InChI=1S/C7H7.Rf/c1-7-5-3-2-4-6-7;/h2-3,5-6H,1H3;/q-1;. The molecule has 1 aromatic carbocycles. The zero-order chi connectivity index (χ0) is 5.11. The Morgan fingerprint density at radius 3 is 2.50 bits per heavy atom. The van der Waals surface area contributed by atoms with Gasteiger partial charge < -0.3 is 0 Å². The normalized spacial score (nSPS) is 7.62. The molecule has 0 nitrogen and oxygen atoms in total. The molecule has 0 aliphatic carbocycles. The van der Waals surface area contributed by atoms with E-state index in [1.165, 1.54) is 5.56 Å². The van der Waals surface area contributed by atoms with E-state index in [0.717, 1.165) is 0 Å². The second kappa shape index (κ2) is 2.40. The molecule has 8 heavy (non-hydrogen) atoms. The van der Waals surface area contributed by atoms with E-state index in [-0.39, 0.29) is 0 Å². The minimum absolute atomic E-state index is 0. The van der Waals surface area contributed by atoms with E-state index >= 15 is 0 Å². The molecule has 0 spiro atoms. The van der Waals surface area contributed by atoms with Crippen molar-refractivity contribution in [1.29, 1.82) is 0 Å². The summed E-state index contributed by atoms with van der Waals surface area (Å²) in [5.41, 5.74) is 1.27. The minimum Gasteiger partial charge on any atom is -0.184 e. The van der Waals surface area contributed by atoms with Gasteiger partial charge in [-0.3, -0.25) is 0 Å². The van der Waals surface area contributed by atoms with Crippen LogP contribution in [0.15, 0.2) is 24.3 Å². The average Bonchev–Trinajstić information content (AvgIpc) is 1.69. The number of hydrogen-bond donors (Lipinski definition) is 0. The van der Waals surface area contributed by atoms with E-state index in [0.29, 0.717) is 0 Å². The number of aryl methyl sites for hydroxylation is 1. The summed E-state index contributed by atoms with van der Waals surface area (Å²) in [6, 6.07) is 10.8. The number of benzene rings is 1. The summed E-state index contributed by atoms with van der Waals surface area (Å²) in [6.07, 6.45) is 0. The predicted molar refractivity (Wildman–Crippen MR) is 30.0 cm³/mol. The van der Waals surface area contributed by atoms with Gasteiger partial charge in [0.1, 0.15) is 0 Å². The van der Waals surface area contributed by atoms with E-state index in [4.69, 9.17) is 0 Å². The van der Waals surface area contributed by atoms with Crippen LogP contribution in [-0.4, -0.2) is 0 Å². The molecular weight excluding hydrogens is 351 g/mol. The topological polar surface area (TPSA) is 0 Å². The van der Waals surface area contributed by atoms with E-state index in [1.807, 2.05) is 18.2 Å². The summed E-state index contributed by atoms with van der Waals surface area (Å²) >= 11 is 0. The molecule has 0 bridgehead atoms. The van der Waals surface area contributed by atoms with Crippen molar-refractivity contribution in [2.75, 3.05) is 0 Å². The monoisotopic (exact) mass is 358 g/mol. The van der Waals surface area contributed by atoms with Gasteiger partial charge in [-0.25, -0.2) is 0 Å². The summed E-state index contributed by atoms with van der Waals surface area (Å²) in [4.78, 5) is 0. The third-order valence-electron chi connectivity index (χ3n) is 0.863. The van der Waals surface area contributed by atoms with Crippen molar-refractivity contribution in [2.24, 2.45) is 0 Å². The maximum Gasteiger partial charge on any atom is 0 e. The van der Waals surface area contributed by atoms with Crippen LogP contribution in [0, 0.1) is 13.0 Å². The molecular formula is C7H7Rf-. The Balaban J connectivity index is 0.000000490. The van der Waals surface area contributed by atoms with Crippen molar-refractivity contribution in [3.8, 4) is 0 Å². The molecule has 0 atom stereocenters. The molecule has 0 N–H and O–H groups in total. The molecule has 1 aromatic rings. The summed E-state index contributed by atoms with van der Waals surface area (Å²) in [7, 11) is 0. The third-order valence-corrected chi connectivity index (χ3v) is 0.863. The van der Waals surface area contributed by atoms with Gasteiger partial charge in [0.25, 0.3) is 0 Å². The van der Waals surface area contributed by atoms with Gasteiger partial charge in [-0.05, 0) is 0 Å². The molecule has 0 aliphatic rings. The van der Waals surface area contributed by atoms with Crippen molar-refractivity contribution in [2.45, 2.75) is 6.92 Å². The van der Waals surface area contributed by atoms with Gasteiger partial charge in [-0.15, -0.1) is 0 Å². The molecule has 0 saturated heterocycles. The molecule has 0 heterocycles. The van der Waals surface area contributed by atoms with Gasteiger partial charge in [0, 0.05) is 0 Å². The zero-order valence-electron chi connectivity index (χ0n) is 5.02. The minimum atomic E-state index is 0. The first-order valence-corrected chi connectivity index (χ1v) is 2.32. The second-order valence-electron chi connectivity index (χ2n) is 1.58. The molecule has 0 aromatic heterocycles. The Morgan fingerprint density at radius 1 is 1.50 bits per heavy atom. The van der Waals surface area contributed by atoms with Gasteiger partial charge in [-0.1, -0.05) is 6.92 Å². The van der Waals surface area contributed by atoms with Crippen LogP contribution in [-0.2, 0) is 0 Å². The fraction of sp³-hybridized carbons (Fsp3) is 0.143. The quantitative estimate of drug-likeness (QED) is 0.621. The zero-order valence-corrected chi connectivity index (χ0v) is 11.4. The molecule has 1 heteroatoms. The van der Waals surface area contributed by atoms with Gasteiger partial charge in [0.15, 0.2) is 0 Å². The van der Waals surface area contributed by atoms with Gasteiger partial charge >= 0.3 is 0 Å². The van der Waals surface area contributed by atoms with Crippen molar-refractivity contribution in [3.05, 3.63) is 35.9 Å². The maximum atomic E-state index is 2.96. The Kier molecular flexibility index (Phi) is 1.87. The SMILES string of the molecule is Cc1c[c-]ccc1.[Rf]. The van der Waals surface area contributed by atoms with Crippen molar-refractivity contribution in [3.63, 3.8) is 0 Å². The van der Waals surface area contributed by atoms with Crippen LogP contribution in [0.2, 0.25) is 0 Å². The Bertz CT molecular complexity index is 134. The van der Waals surface area contributed by atoms with Crippen molar-refractivity contribution in [1.82, 2.24) is 0 Å². The fourth-order valence-electron chi connectivity index (χ4n) is 0.483. The summed E-state index contributed by atoms with van der Waals surface area (Å²) in [5.74, 6) is 0. The molecule has 0 radical (unpaired) electrons. The first-order chi connectivity index (χ1) is 3.39. The third kappa shape index (κ3) is 1.13. The maximum absolute atomic E-state index is 2.96. The van der Waals surface area contributed by atoms with Crippen LogP contribution in [0.3, 0.4) is 0 Å². The predicted octanol–water partition coefficient (Wildman–Crippen LogP) is 1.80. The van der Waals surface area contributed by atoms with Gasteiger partial charge in [-0.2, -0.15) is 35.9 Å². The first kappa shape index (κ1) is 6.22. The molecule has 0 saturated carbocycles. The second-order valence-corrected chi connectivity index (χ2v) is 1.58. The van der Waals surface area contributed by atoms with E-state index in [2.05, 4.69) is 19.1 Å². The molecule has 0 amide bonds. The van der Waals surface area contributed by atoms with E-state index in [1.54, 1.807) is 0 Å². The van der Waals surface area contributed by atoms with Crippen molar-refractivity contribution < 1.29 is 0 Å². The first-order valence-electron chi connectivity index (χ1n) is 2.32. The largest absolute Gasteiger partial charge is 0.184 e. The molecule has 38 valence electrons. The fourth-order valence-corrected chi connectivity index (χ4v) is 0.483. The van der Waals surface area contributed by atoms with Crippen LogP contribution in [0.25, 0.3) is 0 Å². The average molecular weight is 358 g/mol. The Morgan fingerprint density at radius 2 is 2.25 bits per heavy atom. The van der Waals surface area contributed by atoms with Gasteiger partial charge in [0.05, 0.1) is 0 Å². The Labute approximate surface area is 43.8 Å². The smallest absolute Gasteiger partial charge is 0 e. The molecule has 1 rings (SSSR count). The van der Waals surface area contributed by atoms with Crippen LogP contribution < -0.4 is 0 Å². The Hall–Kier alpha value is -1.78. The molecule has 0 unspecified atom stereocenters. The van der Waals surface area contributed by atoms with Gasteiger partial charge in [0.2, 0.25) is 0 Å². The summed E-state index contributed by atoms with van der Waals surface area (Å²) < 4.78 is 0. The number of rotatable bonds is 0.